The van der Waals surface area contributed by atoms with E-state index in [1.54, 1.807) is 0 Å². The van der Waals surface area contributed by atoms with Crippen LogP contribution in [0.25, 0.3) is 0 Å². The molecule has 0 aromatic carbocycles. The molecule has 0 aromatic rings. The van der Waals surface area contributed by atoms with Crippen molar-refractivity contribution in [3.05, 3.63) is 48.6 Å². The lowest BCUT2D eigenvalue weighted by Crippen LogP contribution is -2.59. The second-order valence-electron chi connectivity index (χ2n) is 35.2. The fourth-order valence-electron chi connectivity index (χ4n) is 15.1. The molecule has 4 saturated heterocycles. The molecule has 0 radical (unpaired) electrons. The molecule has 4 aliphatic heterocycles. The number of nitrogens with zero attached hydrogens (tertiary/aromatic N) is 1. The summed E-state index contributed by atoms with van der Waals surface area (Å²) >= 11 is 0. The summed E-state index contributed by atoms with van der Waals surface area (Å²) in [7, 11) is 2.01. The third-order valence-electron chi connectivity index (χ3n) is 23.4. The summed E-state index contributed by atoms with van der Waals surface area (Å²) in [6.45, 7) is 10.8. The highest BCUT2D eigenvalue weighted by molar-refractivity contribution is 5.77. The van der Waals surface area contributed by atoms with Crippen LogP contribution in [0.1, 0.15) is 240 Å². The number of aliphatic hydroxyl groups is 12. The van der Waals surface area contributed by atoms with Crippen LogP contribution in [-0.4, -0.2) is 404 Å². The summed E-state index contributed by atoms with van der Waals surface area (Å²) < 4.78 is 95.7. The Morgan fingerprint density at radius 1 is 0.360 bits per heavy atom. The van der Waals surface area contributed by atoms with E-state index < -0.39 is 117 Å². The van der Waals surface area contributed by atoms with Crippen molar-refractivity contribution in [1.29, 1.82) is 0 Å². The number of unbranched alkanes of at least 4 members (excludes halogenated alkanes) is 20. The van der Waals surface area contributed by atoms with Crippen molar-refractivity contribution in [2.24, 2.45) is 0 Å². The van der Waals surface area contributed by atoms with E-state index in [1.807, 2.05) is 7.05 Å². The zero-order valence-corrected chi connectivity index (χ0v) is 82.8. The Hall–Kier alpha value is -4.36. The first kappa shape index (κ1) is 126. The highest BCUT2D eigenvalue weighted by atomic mass is 16.8. The molecule has 4 amide bonds. The molecule has 4 aliphatic rings. The minimum atomic E-state index is -1.57. The van der Waals surface area contributed by atoms with E-state index in [0.717, 1.165) is 58.2 Å². The Kier molecular flexibility index (Phi) is 76.8. The number of ether oxygens (including phenoxy) is 17. The summed E-state index contributed by atoms with van der Waals surface area (Å²) in [6.07, 6.45) is 33.6. The Balaban J connectivity index is 0.000000943. The van der Waals surface area contributed by atoms with Gasteiger partial charge >= 0.3 is 0 Å². The lowest BCUT2D eigenvalue weighted by Gasteiger charge is -2.39. The first-order chi connectivity index (χ1) is 66.0. The number of carbonyl (C=O) groups excluding carboxylic acids is 4. The molecule has 16 N–H and O–H groups in total. The van der Waals surface area contributed by atoms with Gasteiger partial charge in [0, 0.05) is 58.2 Å². The molecular formula is C98H181N5O33. The van der Waals surface area contributed by atoms with Gasteiger partial charge in [-0.2, -0.15) is 0 Å². The van der Waals surface area contributed by atoms with Crippen LogP contribution in [0.15, 0.2) is 48.6 Å². The predicted molar refractivity (Wildman–Crippen MR) is 509 cm³/mol. The van der Waals surface area contributed by atoms with Gasteiger partial charge in [-0.1, -0.05) is 153 Å². The second-order valence-corrected chi connectivity index (χ2v) is 35.2. The van der Waals surface area contributed by atoms with Gasteiger partial charge < -0.3 is 168 Å². The van der Waals surface area contributed by atoms with E-state index in [2.05, 4.69) is 102 Å². The van der Waals surface area contributed by atoms with Crippen LogP contribution in [-0.2, 0) is 99.7 Å². The lowest BCUT2D eigenvalue weighted by molar-refractivity contribution is -0.302. The van der Waals surface area contributed by atoms with Gasteiger partial charge in [-0.3, -0.25) is 19.2 Å². The zero-order chi connectivity index (χ0) is 99.2. The molecule has 796 valence electrons. The standard InChI is InChI=1S/C58H109N5O31.C40H72O2/c1-3-63(2)14-6-4-5-7-45(70)62-58(36-86-15-8-42(67)59-11-18-80-21-24-83-27-30-89-55-52(77)49(74)46(71)39(33-64)92-55,37-87-16-9-43(68)60-12-19-81-22-25-84-28-31-90-56-53(78)50(75)47(72)40(34-65)93-56)38-88-17-10-44(69)61-13-20-82-23-26-85-29-32-91-57-54(79)51(76)48(73)41(35-66)94-57;1-4-6-8-10-12-14-16-18-20-22-24-26-28-30-32-34-36-40(41-38-39(3)42-40)37-35-33-31-29-27-25-23-21-19-17-15-13-11-9-7-5-2/h39-41,46-57,64-66,71-79H,3-38H2,1-2H3,(H,59,67)(H,60,68)(H,61,69)(H,62,70);12-15,18-21,39H,4-11,16-17,22-38H2,1-3H3/b;14-12-,15-13-,20-18-,21-19-/t39?,40?,41?,46-,47-,48-,49+,50+,51+,52?,53?,54?,55-,56-,57-,58?;39-/m10/s1. The number of carbonyl (C=O) groups is 4. The molecule has 4 heterocycles. The van der Waals surface area contributed by atoms with Gasteiger partial charge in [0.15, 0.2) is 24.7 Å². The van der Waals surface area contributed by atoms with Crippen molar-refractivity contribution < 1.29 is 161 Å². The van der Waals surface area contributed by atoms with Crippen molar-refractivity contribution >= 4 is 23.6 Å². The van der Waals surface area contributed by atoms with E-state index in [9.17, 15) is 80.5 Å². The van der Waals surface area contributed by atoms with Crippen molar-refractivity contribution in [2.75, 3.05) is 205 Å². The average Bonchev–Trinajstić information content (AvgIpc) is 0.957. The van der Waals surface area contributed by atoms with Gasteiger partial charge in [-0.15, -0.1) is 0 Å². The van der Waals surface area contributed by atoms with Crippen LogP contribution < -0.4 is 21.3 Å². The van der Waals surface area contributed by atoms with Gasteiger partial charge in [0.2, 0.25) is 23.6 Å². The monoisotopic (exact) mass is 1960 g/mol. The van der Waals surface area contributed by atoms with E-state index in [-0.39, 0.29) is 220 Å². The quantitative estimate of drug-likeness (QED) is 0.0281. The summed E-state index contributed by atoms with van der Waals surface area (Å²) in [4.78, 5) is 54.4. The fraction of sp³-hybridized carbons (Fsp3) is 0.878. The van der Waals surface area contributed by atoms with Crippen LogP contribution in [0.4, 0.5) is 0 Å². The van der Waals surface area contributed by atoms with E-state index in [1.165, 1.54) is 141 Å². The summed E-state index contributed by atoms with van der Waals surface area (Å²) in [5, 5.41) is 129. The highest BCUT2D eigenvalue weighted by Gasteiger charge is 2.47. The van der Waals surface area contributed by atoms with E-state index >= 15 is 0 Å². The van der Waals surface area contributed by atoms with Crippen molar-refractivity contribution in [3.63, 3.8) is 0 Å². The molecule has 0 aromatic heterocycles. The Morgan fingerprint density at radius 2 is 0.676 bits per heavy atom. The maximum atomic E-state index is 13.7. The van der Waals surface area contributed by atoms with Crippen molar-refractivity contribution in [1.82, 2.24) is 26.2 Å². The molecule has 4 fully saturated rings. The maximum Gasteiger partial charge on any atom is 0.222 e. The molecule has 136 heavy (non-hydrogen) atoms. The molecule has 0 saturated carbocycles. The SMILES string of the molecule is CCCCC/C=C\C/C=C\CCCCCCCCC1(CCCCCCCC/C=C\C/C=C\CCCCC)OC[C@H](C)O1.CCN(C)CCCCCC(=O)NC(COCCC(=O)NCCOCCOCCO[C@@H]1OC(CO)[C@@H](O)[C@H](O)C1O)(COCCC(=O)NCCOCCOCCO[C@@H]1OC(CO)[C@@H](O)[C@H](O)C1O)COCCC(=O)NCCOCCOCCO[C@@H]1OC(CO)[C@@H](O)[C@H](O)C1O. The van der Waals surface area contributed by atoms with Crippen LogP contribution >= 0.6 is 0 Å². The third kappa shape index (κ3) is 60.3. The topological polar surface area (TPSA) is 519 Å². The minimum absolute atomic E-state index is 0.0329. The number of rotatable bonds is 86. The molecule has 4 rings (SSSR count). The van der Waals surface area contributed by atoms with E-state index in [0.29, 0.717) is 6.42 Å². The van der Waals surface area contributed by atoms with Gasteiger partial charge in [-0.25, -0.2) is 0 Å². The summed E-state index contributed by atoms with van der Waals surface area (Å²) in [5.74, 6) is -1.67. The lowest BCUT2D eigenvalue weighted by atomic mass is 9.98. The molecule has 16 atom stereocenters. The summed E-state index contributed by atoms with van der Waals surface area (Å²) in [6, 6.07) is 0. The summed E-state index contributed by atoms with van der Waals surface area (Å²) in [5.41, 5.74) is -1.35. The number of nitrogens with one attached hydrogen (secondary N) is 4. The molecule has 0 bridgehead atoms. The zero-order valence-electron chi connectivity index (χ0n) is 82.8. The highest BCUT2D eigenvalue weighted by Crippen LogP contribution is 2.35. The fourth-order valence-corrected chi connectivity index (χ4v) is 15.1. The van der Waals surface area contributed by atoms with Crippen molar-refractivity contribution in [2.45, 2.75) is 349 Å². The second kappa shape index (κ2) is 83.0. The molecular weight excluding hydrogens is 1780 g/mol. The average molecular weight is 1960 g/mol. The van der Waals surface area contributed by atoms with Gasteiger partial charge in [0.1, 0.15) is 78.8 Å². The van der Waals surface area contributed by atoms with Crippen molar-refractivity contribution in [3.8, 4) is 0 Å². The molecule has 6 unspecified atom stereocenters. The first-order valence-electron chi connectivity index (χ1n) is 50.7. The predicted octanol–water partition coefficient (Wildman–Crippen LogP) is 5.00. The maximum absolute atomic E-state index is 13.7. The molecule has 38 heteroatoms. The van der Waals surface area contributed by atoms with Gasteiger partial charge in [0.25, 0.3) is 0 Å². The number of hydrogen-bond donors (Lipinski definition) is 16. The largest absolute Gasteiger partial charge is 0.394 e. The normalized spacial score (nSPS) is 24.0. The van der Waals surface area contributed by atoms with Gasteiger partial charge in [0.05, 0.1) is 171 Å². The Labute approximate surface area is 809 Å². The number of allylic oxidation sites excluding steroid dienone is 8. The molecule has 38 nitrogen and oxygen atoms in total. The van der Waals surface area contributed by atoms with Crippen LogP contribution in [0.5, 0.6) is 0 Å². The van der Waals surface area contributed by atoms with E-state index in [4.69, 9.17) is 80.5 Å². The first-order valence-corrected chi connectivity index (χ1v) is 50.7. The smallest absolute Gasteiger partial charge is 0.222 e. The van der Waals surface area contributed by atoms with Crippen LogP contribution in [0, 0.1) is 0 Å². The number of amides is 4. The Bertz CT molecular complexity index is 2760. The molecule has 0 aliphatic carbocycles. The van der Waals surface area contributed by atoms with Crippen LogP contribution in [0.3, 0.4) is 0 Å². The minimum Gasteiger partial charge on any atom is -0.394 e. The number of hydrogen-bond acceptors (Lipinski definition) is 34. The van der Waals surface area contributed by atoms with Crippen LogP contribution in [0.2, 0.25) is 0 Å². The Morgan fingerprint density at radius 3 is 1.00 bits per heavy atom. The molecule has 0 spiro atoms. The van der Waals surface area contributed by atoms with Gasteiger partial charge in [-0.05, 0) is 117 Å². The number of aliphatic hydroxyl groups excluding tert-OH is 12. The third-order valence-corrected chi connectivity index (χ3v) is 23.4.